The first-order valence-electron chi connectivity index (χ1n) is 11.4. The lowest BCUT2D eigenvalue weighted by Crippen LogP contribution is -2.47. The van der Waals surface area contributed by atoms with E-state index in [1.54, 1.807) is 53.7 Å². The maximum absolute atomic E-state index is 13.3. The minimum Gasteiger partial charge on any atom is -0.489 e. The number of aromatic nitrogens is 1. The van der Waals surface area contributed by atoms with E-state index in [1.165, 1.54) is 12.1 Å². The van der Waals surface area contributed by atoms with E-state index in [0.717, 1.165) is 24.0 Å². The molecule has 0 spiro atoms. The fourth-order valence-electron chi connectivity index (χ4n) is 4.15. The highest BCUT2D eigenvalue weighted by molar-refractivity contribution is 5.94. The number of rotatable bonds is 7. The van der Waals surface area contributed by atoms with Gasteiger partial charge in [0.15, 0.2) is 0 Å². The number of piperidine rings is 1. The number of hydrogen-bond acceptors (Lipinski definition) is 4. The van der Waals surface area contributed by atoms with Crippen molar-refractivity contribution in [3.63, 3.8) is 0 Å². The van der Waals surface area contributed by atoms with Gasteiger partial charge in [0.05, 0.1) is 6.42 Å². The van der Waals surface area contributed by atoms with Gasteiger partial charge in [0.25, 0.3) is 5.91 Å². The van der Waals surface area contributed by atoms with E-state index in [1.807, 2.05) is 24.1 Å². The van der Waals surface area contributed by atoms with Crippen molar-refractivity contribution >= 4 is 11.8 Å². The van der Waals surface area contributed by atoms with Crippen LogP contribution in [0.2, 0.25) is 0 Å². The average molecular weight is 462 g/mol. The lowest BCUT2D eigenvalue weighted by atomic mass is 10.0. The van der Waals surface area contributed by atoms with Crippen molar-refractivity contribution in [2.45, 2.75) is 31.9 Å². The summed E-state index contributed by atoms with van der Waals surface area (Å²) < 4.78 is 19.0. The summed E-state index contributed by atoms with van der Waals surface area (Å²) in [5.74, 6) is 0.351. The Labute approximate surface area is 199 Å². The van der Waals surface area contributed by atoms with E-state index in [0.29, 0.717) is 30.8 Å². The first-order chi connectivity index (χ1) is 16.5. The number of ether oxygens (including phenoxy) is 1. The second-order valence-corrected chi connectivity index (χ2v) is 8.51. The van der Waals surface area contributed by atoms with Gasteiger partial charge < -0.3 is 14.5 Å². The monoisotopic (exact) mass is 461 g/mol. The number of likely N-dealkylation sites (tertiary alicyclic amines) is 1. The quantitative estimate of drug-likeness (QED) is 0.531. The summed E-state index contributed by atoms with van der Waals surface area (Å²) in [6.45, 7) is 1.52. The number of amides is 2. The summed E-state index contributed by atoms with van der Waals surface area (Å²) in [5, 5.41) is 0. The van der Waals surface area contributed by atoms with Gasteiger partial charge in [0, 0.05) is 44.1 Å². The molecule has 0 radical (unpaired) electrons. The van der Waals surface area contributed by atoms with Gasteiger partial charge in [-0.25, -0.2) is 4.39 Å². The van der Waals surface area contributed by atoms with Gasteiger partial charge in [0.1, 0.15) is 18.2 Å². The summed E-state index contributed by atoms with van der Waals surface area (Å²) in [5.41, 5.74) is 2.23. The Morgan fingerprint density at radius 1 is 1.06 bits per heavy atom. The summed E-state index contributed by atoms with van der Waals surface area (Å²) in [7, 11) is 1.81. The Morgan fingerprint density at radius 2 is 1.79 bits per heavy atom. The molecule has 0 aliphatic carbocycles. The topological polar surface area (TPSA) is 62.7 Å². The molecule has 2 aromatic carbocycles. The Morgan fingerprint density at radius 3 is 2.47 bits per heavy atom. The highest BCUT2D eigenvalue weighted by Crippen LogP contribution is 2.20. The standard InChI is InChI=1S/C27H28FN3O3/c1-30(24-11-14-31(15-12-24)26(32)17-20-5-3-13-29-18-20)27(33)22-7-9-25(10-8-22)34-19-21-4-2-6-23(28)16-21/h2-10,13,16,18,24H,11-12,14-15,17,19H2,1H3. The second kappa shape index (κ2) is 10.9. The molecule has 1 fully saturated rings. The zero-order chi connectivity index (χ0) is 23.9. The zero-order valence-electron chi connectivity index (χ0n) is 19.2. The van der Waals surface area contributed by atoms with Crippen molar-refractivity contribution < 1.29 is 18.7 Å². The minimum atomic E-state index is -0.297. The van der Waals surface area contributed by atoms with Crippen molar-refractivity contribution in [1.82, 2.24) is 14.8 Å². The zero-order valence-corrected chi connectivity index (χ0v) is 19.2. The van der Waals surface area contributed by atoms with Gasteiger partial charge in [-0.05, 0) is 66.4 Å². The lowest BCUT2D eigenvalue weighted by Gasteiger charge is -2.37. The molecule has 1 saturated heterocycles. The highest BCUT2D eigenvalue weighted by atomic mass is 19.1. The van der Waals surface area contributed by atoms with Gasteiger partial charge in [-0.1, -0.05) is 18.2 Å². The van der Waals surface area contributed by atoms with Crippen LogP contribution in [0.1, 0.15) is 34.3 Å². The van der Waals surface area contributed by atoms with Crippen LogP contribution in [0.25, 0.3) is 0 Å². The van der Waals surface area contributed by atoms with Crippen LogP contribution in [-0.4, -0.2) is 52.8 Å². The van der Waals surface area contributed by atoms with Crippen LogP contribution in [0.15, 0.2) is 73.1 Å². The third kappa shape index (κ3) is 5.98. The Kier molecular flexibility index (Phi) is 7.52. The first kappa shape index (κ1) is 23.4. The Balaban J connectivity index is 1.26. The smallest absolute Gasteiger partial charge is 0.253 e. The van der Waals surface area contributed by atoms with Crippen LogP contribution in [0, 0.1) is 5.82 Å². The molecule has 1 aliphatic rings. The number of hydrogen-bond donors (Lipinski definition) is 0. The van der Waals surface area contributed by atoms with E-state index in [4.69, 9.17) is 4.74 Å². The normalized spacial score (nSPS) is 14.0. The summed E-state index contributed by atoms with van der Waals surface area (Å²) in [4.78, 5) is 33.3. The van der Waals surface area contributed by atoms with Gasteiger partial charge in [-0.3, -0.25) is 14.6 Å². The molecule has 7 heteroatoms. The number of carbonyl (C=O) groups is 2. The molecular weight excluding hydrogens is 433 g/mol. The van der Waals surface area contributed by atoms with E-state index >= 15 is 0 Å². The molecule has 0 bridgehead atoms. The van der Waals surface area contributed by atoms with Gasteiger partial charge in [-0.2, -0.15) is 0 Å². The lowest BCUT2D eigenvalue weighted by molar-refractivity contribution is -0.131. The molecule has 0 N–H and O–H groups in total. The van der Waals surface area contributed by atoms with Crippen molar-refractivity contribution in [2.75, 3.05) is 20.1 Å². The van der Waals surface area contributed by atoms with E-state index < -0.39 is 0 Å². The number of halogens is 1. The molecule has 0 unspecified atom stereocenters. The summed E-state index contributed by atoms with van der Waals surface area (Å²) >= 11 is 0. The average Bonchev–Trinajstić information content (AvgIpc) is 2.87. The van der Waals surface area contributed by atoms with Crippen LogP contribution in [0.4, 0.5) is 4.39 Å². The van der Waals surface area contributed by atoms with E-state index in [-0.39, 0.29) is 30.3 Å². The SMILES string of the molecule is CN(C(=O)c1ccc(OCc2cccc(F)c2)cc1)C1CCN(C(=O)Cc2cccnc2)CC1. The number of nitrogens with zero attached hydrogens (tertiary/aromatic N) is 3. The van der Waals surface area contributed by atoms with Crippen molar-refractivity contribution in [1.29, 1.82) is 0 Å². The third-order valence-electron chi connectivity index (χ3n) is 6.16. The van der Waals surface area contributed by atoms with Crippen LogP contribution in [0.5, 0.6) is 5.75 Å². The maximum atomic E-state index is 13.3. The molecule has 1 aliphatic heterocycles. The molecule has 176 valence electrons. The van der Waals surface area contributed by atoms with Crippen LogP contribution in [0.3, 0.4) is 0 Å². The molecule has 34 heavy (non-hydrogen) atoms. The molecule has 4 rings (SSSR count). The largest absolute Gasteiger partial charge is 0.489 e. The van der Waals surface area contributed by atoms with Gasteiger partial charge in [-0.15, -0.1) is 0 Å². The van der Waals surface area contributed by atoms with Crippen molar-refractivity contribution in [3.8, 4) is 5.75 Å². The molecule has 6 nitrogen and oxygen atoms in total. The first-order valence-corrected chi connectivity index (χ1v) is 11.4. The summed E-state index contributed by atoms with van der Waals surface area (Å²) in [6.07, 6.45) is 5.25. The van der Waals surface area contributed by atoms with Crippen LogP contribution in [-0.2, 0) is 17.8 Å². The fraction of sp³-hybridized carbons (Fsp3) is 0.296. The van der Waals surface area contributed by atoms with Gasteiger partial charge in [0.2, 0.25) is 5.91 Å². The molecule has 0 saturated carbocycles. The van der Waals surface area contributed by atoms with Gasteiger partial charge >= 0.3 is 0 Å². The van der Waals surface area contributed by atoms with Crippen molar-refractivity contribution in [3.05, 3.63) is 95.6 Å². The highest BCUT2D eigenvalue weighted by Gasteiger charge is 2.28. The fourth-order valence-corrected chi connectivity index (χ4v) is 4.15. The minimum absolute atomic E-state index is 0.0585. The van der Waals surface area contributed by atoms with Crippen LogP contribution < -0.4 is 4.74 Å². The molecule has 1 aromatic heterocycles. The second-order valence-electron chi connectivity index (χ2n) is 8.51. The molecule has 0 atom stereocenters. The number of pyridine rings is 1. The molecule has 2 amide bonds. The number of benzene rings is 2. The summed E-state index contributed by atoms with van der Waals surface area (Å²) in [6, 6.07) is 17.1. The Bertz CT molecular complexity index is 1110. The maximum Gasteiger partial charge on any atom is 0.253 e. The molecule has 2 heterocycles. The number of carbonyl (C=O) groups excluding carboxylic acids is 2. The van der Waals surface area contributed by atoms with Crippen LogP contribution >= 0.6 is 0 Å². The third-order valence-corrected chi connectivity index (χ3v) is 6.16. The van der Waals surface area contributed by atoms with E-state index in [2.05, 4.69) is 4.98 Å². The Hall–Kier alpha value is -3.74. The predicted molar refractivity (Wildman–Crippen MR) is 127 cm³/mol. The van der Waals surface area contributed by atoms with Crippen molar-refractivity contribution in [2.24, 2.45) is 0 Å². The van der Waals surface area contributed by atoms with E-state index in [9.17, 15) is 14.0 Å². The molecular formula is C27H28FN3O3. The predicted octanol–water partition coefficient (Wildman–Crippen LogP) is 4.11. The molecule has 3 aromatic rings.